The van der Waals surface area contributed by atoms with Crippen LogP contribution in [-0.4, -0.2) is 86.1 Å². The van der Waals surface area contributed by atoms with Gasteiger partial charge >= 0.3 is 6.09 Å². The first-order valence-corrected chi connectivity index (χ1v) is 16.9. The van der Waals surface area contributed by atoms with E-state index in [-0.39, 0.29) is 42.3 Å². The number of ether oxygens (including phenoxy) is 1. The second-order valence-electron chi connectivity index (χ2n) is 11.7. The van der Waals surface area contributed by atoms with Crippen molar-refractivity contribution in [1.29, 1.82) is 0 Å². The predicted molar refractivity (Wildman–Crippen MR) is 168 cm³/mol. The van der Waals surface area contributed by atoms with Gasteiger partial charge < -0.3 is 25.0 Å². The fraction of sp³-hybridized carbons (Fsp3) is 0.424. The lowest BCUT2D eigenvalue weighted by Crippen LogP contribution is -2.53. The highest BCUT2D eigenvalue weighted by Crippen LogP contribution is 2.23. The van der Waals surface area contributed by atoms with Gasteiger partial charge in [-0.1, -0.05) is 60.7 Å². The standard InChI is InChI=1S/C33H40N4O7S/c38-22-30(35-45(42,43)29-15-14-26-11-4-5-12-27(26)19-29)32(40)37-17-7-13-28(37)20-34-31(39)18-25-10-6-16-36(21-25)33(41)44-23-24-8-2-1-3-9-24/h1-5,8-9,11-12,14-15,19,25,28,30,35,38H,6-7,10,13,16-18,20-23H2,(H,34,39)/t25?,28?,30-/m0/s1. The molecule has 2 heterocycles. The number of aliphatic hydroxyl groups is 1. The number of hydrogen-bond donors (Lipinski definition) is 3. The SMILES string of the molecule is O=C(CC1CCCN(C(=O)OCc2ccccc2)C1)NCC1CCCN1C(=O)[C@H](CO)NS(=O)(=O)c1ccc2ccccc2c1. The largest absolute Gasteiger partial charge is 0.445 e. The highest BCUT2D eigenvalue weighted by atomic mass is 32.2. The summed E-state index contributed by atoms with van der Waals surface area (Å²) in [7, 11) is -4.09. The summed E-state index contributed by atoms with van der Waals surface area (Å²) in [6.45, 7) is 1.13. The maximum absolute atomic E-state index is 13.4. The molecule has 11 nitrogen and oxygen atoms in total. The number of benzene rings is 3. The van der Waals surface area contributed by atoms with Crippen LogP contribution in [0.1, 0.15) is 37.7 Å². The first-order chi connectivity index (χ1) is 21.7. The Bertz CT molecular complexity index is 1600. The van der Waals surface area contributed by atoms with E-state index in [1.807, 2.05) is 48.5 Å². The van der Waals surface area contributed by atoms with Crippen molar-refractivity contribution < 1.29 is 32.6 Å². The van der Waals surface area contributed by atoms with E-state index in [1.165, 1.54) is 17.0 Å². The van der Waals surface area contributed by atoms with Crippen LogP contribution in [0.4, 0.5) is 4.79 Å². The van der Waals surface area contributed by atoms with Crippen molar-refractivity contribution >= 4 is 38.7 Å². The number of nitrogens with one attached hydrogen (secondary N) is 2. The van der Waals surface area contributed by atoms with E-state index in [1.54, 1.807) is 17.0 Å². The minimum absolute atomic E-state index is 0.00317. The molecule has 0 radical (unpaired) electrons. The average Bonchev–Trinajstić information content (AvgIpc) is 3.54. The van der Waals surface area contributed by atoms with Crippen LogP contribution in [0.5, 0.6) is 0 Å². The third-order valence-electron chi connectivity index (χ3n) is 8.46. The summed E-state index contributed by atoms with van der Waals surface area (Å²) in [6, 6.07) is 19.8. The van der Waals surface area contributed by atoms with E-state index >= 15 is 0 Å². The molecule has 2 aliphatic heterocycles. The summed E-state index contributed by atoms with van der Waals surface area (Å²) in [4.78, 5) is 42.1. The molecule has 5 rings (SSSR count). The number of hydrogen-bond acceptors (Lipinski definition) is 7. The van der Waals surface area contributed by atoms with E-state index < -0.39 is 34.7 Å². The van der Waals surface area contributed by atoms with Crippen molar-refractivity contribution in [2.24, 2.45) is 5.92 Å². The van der Waals surface area contributed by atoms with Crippen molar-refractivity contribution in [3.05, 3.63) is 78.4 Å². The Kier molecular flexibility index (Phi) is 10.7. The van der Waals surface area contributed by atoms with Crippen molar-refractivity contribution in [1.82, 2.24) is 19.8 Å². The summed E-state index contributed by atoms with van der Waals surface area (Å²) in [6.07, 6.45) is 2.80. The van der Waals surface area contributed by atoms with E-state index in [0.29, 0.717) is 32.5 Å². The summed E-state index contributed by atoms with van der Waals surface area (Å²) >= 11 is 0. The third-order valence-corrected chi connectivity index (χ3v) is 9.93. The average molecular weight is 637 g/mol. The molecule has 0 bridgehead atoms. The summed E-state index contributed by atoms with van der Waals surface area (Å²) in [5.41, 5.74) is 0.908. The topological polar surface area (TPSA) is 145 Å². The fourth-order valence-electron chi connectivity index (χ4n) is 6.07. The number of fused-ring (bicyclic) bond motifs is 1. The number of nitrogens with zero attached hydrogens (tertiary/aromatic N) is 2. The zero-order valence-electron chi connectivity index (χ0n) is 25.1. The first-order valence-electron chi connectivity index (χ1n) is 15.4. The molecule has 3 aromatic rings. The number of piperidine rings is 1. The number of rotatable bonds is 11. The van der Waals surface area contributed by atoms with Crippen LogP contribution in [0.3, 0.4) is 0 Å². The Labute approximate surface area is 263 Å². The maximum atomic E-state index is 13.4. The Morgan fingerprint density at radius 2 is 1.67 bits per heavy atom. The number of likely N-dealkylation sites (tertiary alicyclic amines) is 2. The lowest BCUT2D eigenvalue weighted by Gasteiger charge is -2.32. The fourth-order valence-corrected chi connectivity index (χ4v) is 7.28. The minimum Gasteiger partial charge on any atom is -0.445 e. The van der Waals surface area contributed by atoms with Gasteiger partial charge in [-0.25, -0.2) is 13.2 Å². The van der Waals surface area contributed by atoms with E-state index in [4.69, 9.17) is 4.74 Å². The van der Waals surface area contributed by atoms with Crippen LogP contribution < -0.4 is 10.0 Å². The molecule has 3 aromatic carbocycles. The number of carbonyl (C=O) groups excluding carboxylic acids is 3. The molecule has 0 saturated carbocycles. The van der Waals surface area contributed by atoms with E-state index in [9.17, 15) is 27.9 Å². The lowest BCUT2D eigenvalue weighted by atomic mass is 9.94. The number of aliphatic hydroxyl groups excluding tert-OH is 1. The molecule has 2 fully saturated rings. The molecule has 0 aliphatic carbocycles. The summed E-state index contributed by atoms with van der Waals surface area (Å²) < 4.78 is 34.1. The van der Waals surface area contributed by atoms with Crippen molar-refractivity contribution in [2.45, 2.75) is 55.7 Å². The van der Waals surface area contributed by atoms with Crippen LogP contribution in [-0.2, 0) is 31.0 Å². The second-order valence-corrected chi connectivity index (χ2v) is 13.4. The van der Waals surface area contributed by atoms with Gasteiger partial charge in [0.1, 0.15) is 12.6 Å². The van der Waals surface area contributed by atoms with Gasteiger partial charge in [0.25, 0.3) is 0 Å². The number of carbonyl (C=O) groups is 3. The molecule has 2 unspecified atom stereocenters. The molecule has 240 valence electrons. The molecule has 2 aliphatic rings. The summed E-state index contributed by atoms with van der Waals surface area (Å²) in [5, 5.41) is 14.6. The minimum atomic E-state index is -4.09. The molecule has 3 N–H and O–H groups in total. The van der Waals surface area contributed by atoms with E-state index in [2.05, 4.69) is 10.0 Å². The maximum Gasteiger partial charge on any atom is 0.410 e. The van der Waals surface area contributed by atoms with Crippen molar-refractivity contribution in [3.8, 4) is 0 Å². The van der Waals surface area contributed by atoms with Crippen molar-refractivity contribution in [3.63, 3.8) is 0 Å². The lowest BCUT2D eigenvalue weighted by molar-refractivity contribution is -0.135. The summed E-state index contributed by atoms with van der Waals surface area (Å²) in [5.74, 6) is -0.710. The smallest absolute Gasteiger partial charge is 0.410 e. The Morgan fingerprint density at radius 1 is 0.933 bits per heavy atom. The van der Waals surface area contributed by atoms with Crippen LogP contribution in [0, 0.1) is 5.92 Å². The Balaban J connectivity index is 1.11. The molecule has 45 heavy (non-hydrogen) atoms. The van der Waals surface area contributed by atoms with Gasteiger partial charge in [-0.15, -0.1) is 0 Å². The molecular weight excluding hydrogens is 596 g/mol. The molecule has 0 aromatic heterocycles. The monoisotopic (exact) mass is 636 g/mol. The predicted octanol–water partition coefficient (Wildman–Crippen LogP) is 3.03. The highest BCUT2D eigenvalue weighted by molar-refractivity contribution is 7.89. The highest BCUT2D eigenvalue weighted by Gasteiger charge is 2.35. The quantitative estimate of drug-likeness (QED) is 0.293. The molecule has 3 amide bonds. The third kappa shape index (κ3) is 8.38. The zero-order valence-corrected chi connectivity index (χ0v) is 26.0. The molecule has 3 atom stereocenters. The number of sulfonamides is 1. The van der Waals surface area contributed by atoms with Gasteiger partial charge in [0.15, 0.2) is 0 Å². The Hall–Kier alpha value is -4.00. The molecule has 0 spiro atoms. The molecule has 12 heteroatoms. The van der Waals surface area contributed by atoms with Crippen LogP contribution in [0.15, 0.2) is 77.7 Å². The normalized spacial score (nSPS) is 19.3. The van der Waals surface area contributed by atoms with Crippen molar-refractivity contribution in [2.75, 3.05) is 32.8 Å². The number of amides is 3. The second kappa shape index (κ2) is 14.9. The van der Waals surface area contributed by atoms with Crippen LogP contribution in [0.25, 0.3) is 10.8 Å². The van der Waals surface area contributed by atoms with Gasteiger partial charge in [-0.2, -0.15) is 4.72 Å². The molecular formula is C33H40N4O7S. The van der Waals surface area contributed by atoms with Crippen LogP contribution in [0.2, 0.25) is 0 Å². The van der Waals surface area contributed by atoms with E-state index in [0.717, 1.165) is 29.2 Å². The van der Waals surface area contributed by atoms with Gasteiger partial charge in [0, 0.05) is 38.6 Å². The van der Waals surface area contributed by atoms with Gasteiger partial charge in [-0.05, 0) is 60.1 Å². The van der Waals surface area contributed by atoms with Gasteiger partial charge in [0.05, 0.1) is 11.5 Å². The molecule has 2 saturated heterocycles. The van der Waals surface area contributed by atoms with Gasteiger partial charge in [0.2, 0.25) is 21.8 Å². The van der Waals surface area contributed by atoms with Crippen LogP contribution >= 0.6 is 0 Å². The first kappa shape index (κ1) is 32.4. The van der Waals surface area contributed by atoms with Gasteiger partial charge in [-0.3, -0.25) is 9.59 Å². The Morgan fingerprint density at radius 3 is 2.44 bits per heavy atom. The zero-order chi connectivity index (χ0) is 31.8.